The van der Waals surface area contributed by atoms with Crippen molar-refractivity contribution in [3.8, 4) is 0 Å². The number of amides is 1. The Hall–Kier alpha value is -0.780. The lowest BCUT2D eigenvalue weighted by Gasteiger charge is -2.24. The fourth-order valence-corrected chi connectivity index (χ4v) is 3.63. The zero-order valence-electron chi connectivity index (χ0n) is 10.3. The molecule has 0 saturated carbocycles. The largest absolute Gasteiger partial charge is 0.338 e. The Morgan fingerprint density at radius 3 is 2.83 bits per heavy atom. The maximum absolute atomic E-state index is 12.2. The maximum atomic E-state index is 12.2. The topological polar surface area (TPSA) is 20.3 Å². The van der Waals surface area contributed by atoms with E-state index in [1.807, 2.05) is 24.6 Å². The summed E-state index contributed by atoms with van der Waals surface area (Å²) in [7, 11) is 1.86. The van der Waals surface area contributed by atoms with Crippen LogP contribution < -0.4 is 0 Å². The number of hydrogen-bond donors (Lipinski definition) is 1. The summed E-state index contributed by atoms with van der Waals surface area (Å²) < 4.78 is 0. The fourth-order valence-electron chi connectivity index (χ4n) is 1.67. The van der Waals surface area contributed by atoms with Crippen LogP contribution in [-0.4, -0.2) is 23.9 Å². The first-order chi connectivity index (χ1) is 8.58. The third-order valence-corrected chi connectivity index (χ3v) is 5.10. The molecule has 0 saturated heterocycles. The van der Waals surface area contributed by atoms with Gasteiger partial charge in [0.2, 0.25) is 0 Å². The average molecular weight is 297 g/mol. The lowest BCUT2D eigenvalue weighted by molar-refractivity contribution is 0.0748. The number of rotatable bonds is 4. The van der Waals surface area contributed by atoms with Crippen LogP contribution in [0.5, 0.6) is 0 Å². The minimum atomic E-state index is 0.0735. The lowest BCUT2D eigenvalue weighted by atomic mass is 10.2. The Kier molecular flexibility index (Phi) is 4.48. The molecule has 0 radical (unpaired) electrons. The number of likely N-dealkylation sites (N-methyl/N-ethyl adjacent to an activating group) is 1. The molecule has 0 aliphatic heterocycles. The predicted octanol–water partition coefficient (Wildman–Crippen LogP) is 3.80. The monoisotopic (exact) mass is 297 g/mol. The van der Waals surface area contributed by atoms with E-state index < -0.39 is 0 Å². The van der Waals surface area contributed by atoms with Crippen LogP contribution in [-0.2, 0) is 6.42 Å². The van der Waals surface area contributed by atoms with Crippen molar-refractivity contribution in [1.29, 1.82) is 0 Å². The van der Waals surface area contributed by atoms with Gasteiger partial charge in [-0.15, -0.1) is 35.3 Å². The van der Waals surface area contributed by atoms with Crippen molar-refractivity contribution >= 4 is 41.2 Å². The van der Waals surface area contributed by atoms with Crippen LogP contribution in [0.25, 0.3) is 0 Å². The van der Waals surface area contributed by atoms with Crippen molar-refractivity contribution in [2.45, 2.75) is 24.3 Å². The normalized spacial score (nSPS) is 12.4. The molecule has 1 unspecified atom stereocenters. The van der Waals surface area contributed by atoms with Gasteiger partial charge in [-0.3, -0.25) is 4.79 Å². The molecule has 0 aliphatic carbocycles. The minimum absolute atomic E-state index is 0.0735. The first kappa shape index (κ1) is 13.6. The molecule has 2 nitrogen and oxygen atoms in total. The molecule has 5 heteroatoms. The van der Waals surface area contributed by atoms with E-state index >= 15 is 0 Å². The van der Waals surface area contributed by atoms with Gasteiger partial charge in [0.15, 0.2) is 0 Å². The molecule has 2 heterocycles. The van der Waals surface area contributed by atoms with E-state index in [0.29, 0.717) is 0 Å². The highest BCUT2D eigenvalue weighted by atomic mass is 32.1. The molecular weight excluding hydrogens is 282 g/mol. The Morgan fingerprint density at radius 2 is 2.28 bits per heavy atom. The van der Waals surface area contributed by atoms with Crippen molar-refractivity contribution in [3.05, 3.63) is 38.7 Å². The molecule has 0 N–H and O–H groups in total. The standard InChI is InChI=1S/C13H15NOS3/c1-9(6-11-4-3-5-17-11)14(2)13(15)12-7-10(16)8-18-12/h3-5,7-9,16H,6H2,1-2H3. The fraction of sp³-hybridized carbons (Fsp3) is 0.308. The van der Waals surface area contributed by atoms with Crippen molar-refractivity contribution in [1.82, 2.24) is 4.90 Å². The smallest absolute Gasteiger partial charge is 0.263 e. The van der Waals surface area contributed by atoms with Gasteiger partial charge in [0.1, 0.15) is 0 Å². The molecule has 0 spiro atoms. The van der Waals surface area contributed by atoms with Gasteiger partial charge in [0.25, 0.3) is 5.91 Å². The van der Waals surface area contributed by atoms with Gasteiger partial charge in [0, 0.05) is 34.7 Å². The van der Waals surface area contributed by atoms with E-state index in [2.05, 4.69) is 31.0 Å². The highest BCUT2D eigenvalue weighted by molar-refractivity contribution is 7.80. The molecule has 2 rings (SSSR count). The lowest BCUT2D eigenvalue weighted by Crippen LogP contribution is -2.35. The summed E-state index contributed by atoms with van der Waals surface area (Å²) in [5.74, 6) is 0.0735. The van der Waals surface area contributed by atoms with Gasteiger partial charge in [-0.25, -0.2) is 0 Å². The van der Waals surface area contributed by atoms with Crippen molar-refractivity contribution in [3.63, 3.8) is 0 Å². The quantitative estimate of drug-likeness (QED) is 0.851. The Labute approximate surface area is 121 Å². The van der Waals surface area contributed by atoms with E-state index in [4.69, 9.17) is 0 Å². The van der Waals surface area contributed by atoms with Crippen LogP contribution in [0.1, 0.15) is 21.5 Å². The van der Waals surface area contributed by atoms with Crippen molar-refractivity contribution in [2.24, 2.45) is 0 Å². The molecule has 1 atom stereocenters. The number of thiophene rings is 2. The zero-order chi connectivity index (χ0) is 13.1. The molecule has 0 aromatic carbocycles. The third kappa shape index (κ3) is 3.16. The number of carbonyl (C=O) groups excluding carboxylic acids is 1. The van der Waals surface area contributed by atoms with E-state index in [1.54, 1.807) is 16.2 Å². The Balaban J connectivity index is 2.02. The summed E-state index contributed by atoms with van der Waals surface area (Å²) in [5, 5.41) is 3.95. The van der Waals surface area contributed by atoms with Gasteiger partial charge in [-0.05, 0) is 24.4 Å². The molecule has 0 fully saturated rings. The third-order valence-electron chi connectivity index (χ3n) is 2.85. The van der Waals surface area contributed by atoms with E-state index in [9.17, 15) is 4.79 Å². The van der Waals surface area contributed by atoms with Crippen LogP contribution in [0.4, 0.5) is 0 Å². The molecule has 0 bridgehead atoms. The number of thiol groups is 1. The molecule has 0 aliphatic rings. The van der Waals surface area contributed by atoms with Crippen LogP contribution in [0, 0.1) is 0 Å². The highest BCUT2D eigenvalue weighted by Gasteiger charge is 2.19. The van der Waals surface area contributed by atoms with Crippen molar-refractivity contribution in [2.75, 3.05) is 7.05 Å². The Bertz CT molecular complexity index is 518. The van der Waals surface area contributed by atoms with Crippen LogP contribution in [0.15, 0.2) is 33.9 Å². The summed E-state index contributed by atoms with van der Waals surface area (Å²) in [6.07, 6.45) is 0.902. The summed E-state index contributed by atoms with van der Waals surface area (Å²) in [6, 6.07) is 6.17. The van der Waals surface area contributed by atoms with E-state index in [-0.39, 0.29) is 11.9 Å². The second-order valence-electron chi connectivity index (χ2n) is 4.22. The summed E-state index contributed by atoms with van der Waals surface area (Å²) >= 11 is 7.41. The minimum Gasteiger partial charge on any atom is -0.338 e. The van der Waals surface area contributed by atoms with E-state index in [0.717, 1.165) is 16.2 Å². The molecule has 2 aromatic heterocycles. The highest BCUT2D eigenvalue weighted by Crippen LogP contribution is 2.21. The molecular formula is C13H15NOS3. The number of hydrogen-bond acceptors (Lipinski definition) is 4. The average Bonchev–Trinajstić information content (AvgIpc) is 2.98. The van der Waals surface area contributed by atoms with Crippen LogP contribution >= 0.6 is 35.3 Å². The van der Waals surface area contributed by atoms with Gasteiger partial charge in [-0.1, -0.05) is 6.07 Å². The van der Waals surface area contributed by atoms with Gasteiger partial charge < -0.3 is 4.90 Å². The molecule has 2 aromatic rings. The molecule has 1 amide bonds. The summed E-state index contributed by atoms with van der Waals surface area (Å²) in [5.41, 5.74) is 0. The molecule has 18 heavy (non-hydrogen) atoms. The second kappa shape index (κ2) is 5.91. The zero-order valence-corrected chi connectivity index (χ0v) is 12.8. The van der Waals surface area contributed by atoms with Gasteiger partial charge in [-0.2, -0.15) is 0 Å². The first-order valence-corrected chi connectivity index (χ1v) is 7.85. The van der Waals surface area contributed by atoms with Gasteiger partial charge in [0.05, 0.1) is 4.88 Å². The summed E-state index contributed by atoms with van der Waals surface area (Å²) in [6.45, 7) is 2.08. The van der Waals surface area contributed by atoms with Crippen LogP contribution in [0.3, 0.4) is 0 Å². The SMILES string of the molecule is CC(Cc1cccs1)N(C)C(=O)c1cc(S)cs1. The predicted molar refractivity (Wildman–Crippen MR) is 81.1 cm³/mol. The summed E-state index contributed by atoms with van der Waals surface area (Å²) in [4.78, 5) is 16.9. The Morgan fingerprint density at radius 1 is 1.50 bits per heavy atom. The molecule has 96 valence electrons. The maximum Gasteiger partial charge on any atom is 0.263 e. The first-order valence-electron chi connectivity index (χ1n) is 5.65. The second-order valence-corrected chi connectivity index (χ2v) is 6.68. The van der Waals surface area contributed by atoms with E-state index in [1.165, 1.54) is 16.2 Å². The van der Waals surface area contributed by atoms with Gasteiger partial charge >= 0.3 is 0 Å². The number of nitrogens with zero attached hydrogens (tertiary/aromatic N) is 1. The number of carbonyl (C=O) groups is 1. The van der Waals surface area contributed by atoms with Crippen LogP contribution in [0.2, 0.25) is 0 Å². The van der Waals surface area contributed by atoms with Crippen molar-refractivity contribution < 1.29 is 4.79 Å².